The van der Waals surface area contributed by atoms with E-state index in [-0.39, 0.29) is 28.9 Å². The molecule has 0 unspecified atom stereocenters. The minimum atomic E-state index is -0.785. The predicted octanol–water partition coefficient (Wildman–Crippen LogP) is 6.57. The van der Waals surface area contributed by atoms with Gasteiger partial charge in [0, 0.05) is 32.3 Å². The SMILES string of the molecule is C[C@@H](c1ccc(-c2ccc(=O)n(C)c2)cc1)N1CC[C@](CC(C)(C)C)(c2ccc(F)cc2)OC1=O.O=NO. The Morgan fingerprint density at radius 2 is 1.61 bits per heavy atom. The van der Waals surface area contributed by atoms with Gasteiger partial charge in [0.15, 0.2) is 5.34 Å². The van der Waals surface area contributed by atoms with Crippen molar-refractivity contribution in [2.24, 2.45) is 17.8 Å². The summed E-state index contributed by atoms with van der Waals surface area (Å²) in [6.45, 7) is 8.89. The molecule has 1 aliphatic heterocycles. The molecule has 3 aromatic rings. The molecule has 4 rings (SSSR count). The summed E-state index contributed by atoms with van der Waals surface area (Å²) in [6.07, 6.45) is 2.72. The fraction of sp³-hybridized carbons (Fsp3) is 0.379. The Kier molecular flexibility index (Phi) is 8.70. The Bertz CT molecular complexity index is 1320. The van der Waals surface area contributed by atoms with Crippen LogP contribution in [0.1, 0.15) is 57.7 Å². The van der Waals surface area contributed by atoms with Crippen LogP contribution in [0.4, 0.5) is 9.18 Å². The van der Waals surface area contributed by atoms with Crippen LogP contribution >= 0.6 is 0 Å². The van der Waals surface area contributed by atoms with E-state index >= 15 is 0 Å². The van der Waals surface area contributed by atoms with Gasteiger partial charge in [0.25, 0.3) is 0 Å². The van der Waals surface area contributed by atoms with Crippen molar-refractivity contribution in [2.45, 2.75) is 52.2 Å². The lowest BCUT2D eigenvalue weighted by Crippen LogP contribution is -2.50. The number of aromatic nitrogens is 1. The molecule has 0 saturated carbocycles. The summed E-state index contributed by atoms with van der Waals surface area (Å²) in [5.74, 6) is -0.307. The Labute approximate surface area is 221 Å². The summed E-state index contributed by atoms with van der Waals surface area (Å²) < 4.78 is 21.3. The molecule has 1 fully saturated rings. The number of aryl methyl sites for hydroxylation is 1. The number of cyclic esters (lactones) is 1. The molecule has 202 valence electrons. The molecule has 8 nitrogen and oxygen atoms in total. The minimum absolute atomic E-state index is 0.0502. The molecule has 1 aromatic heterocycles. The number of carbonyl (C=O) groups excluding carboxylic acids is 1. The van der Waals surface area contributed by atoms with Gasteiger partial charge in [-0.15, -0.1) is 4.91 Å². The van der Waals surface area contributed by atoms with E-state index in [9.17, 15) is 14.0 Å². The molecule has 1 saturated heterocycles. The number of pyridine rings is 1. The second-order valence-electron chi connectivity index (χ2n) is 10.8. The first-order valence-corrected chi connectivity index (χ1v) is 12.4. The summed E-state index contributed by atoms with van der Waals surface area (Å²) in [5, 5.41) is 7.89. The summed E-state index contributed by atoms with van der Waals surface area (Å²) in [4.78, 5) is 34.8. The number of ether oxygens (including phenoxy) is 1. The van der Waals surface area contributed by atoms with Gasteiger partial charge in [-0.25, -0.2) is 9.18 Å². The maximum atomic E-state index is 13.6. The van der Waals surface area contributed by atoms with E-state index in [4.69, 9.17) is 14.9 Å². The standard InChI is InChI=1S/C29H33FN2O3.HNO2/c1-20(21-6-8-22(9-7-21)23-10-15-26(33)31(5)18-23)32-17-16-29(35-27(32)34,19-28(2,3)4)24-11-13-25(30)14-12-24;2-1-3/h6-15,18,20H,16-17,19H2,1-5H3;(H,2,3)/t20-,29-;/m0./s1. The third-order valence-electron chi connectivity index (χ3n) is 6.74. The van der Waals surface area contributed by atoms with E-state index in [1.165, 1.54) is 17.5 Å². The Morgan fingerprint density at radius 1 is 1.03 bits per heavy atom. The number of amides is 1. The molecule has 0 spiro atoms. The lowest BCUT2D eigenvalue weighted by molar-refractivity contribution is -0.0806. The molecule has 0 aliphatic carbocycles. The molecule has 0 bridgehead atoms. The Morgan fingerprint density at radius 3 is 2.13 bits per heavy atom. The maximum Gasteiger partial charge on any atom is 0.411 e. The average molecular weight is 524 g/mol. The normalized spacial score (nSPS) is 18.2. The van der Waals surface area contributed by atoms with Gasteiger partial charge < -0.3 is 19.4 Å². The number of rotatable bonds is 5. The van der Waals surface area contributed by atoms with Crippen LogP contribution in [0.2, 0.25) is 0 Å². The molecule has 1 amide bonds. The lowest BCUT2D eigenvalue weighted by Gasteiger charge is -2.46. The second-order valence-corrected chi connectivity index (χ2v) is 10.8. The molecular formula is C29H34FN3O5. The zero-order valence-electron chi connectivity index (χ0n) is 22.3. The third-order valence-corrected chi connectivity index (χ3v) is 6.74. The number of halogens is 1. The highest BCUT2D eigenvalue weighted by molar-refractivity contribution is 5.70. The van der Waals surface area contributed by atoms with Crippen molar-refractivity contribution in [1.29, 1.82) is 0 Å². The number of hydrogen-bond donors (Lipinski definition) is 1. The van der Waals surface area contributed by atoms with E-state index in [1.807, 2.05) is 43.5 Å². The second kappa shape index (κ2) is 11.6. The first kappa shape index (κ1) is 28.6. The molecule has 1 aliphatic rings. The largest absolute Gasteiger partial charge is 0.438 e. The van der Waals surface area contributed by atoms with Crippen LogP contribution in [0.3, 0.4) is 0 Å². The van der Waals surface area contributed by atoms with E-state index < -0.39 is 5.60 Å². The fourth-order valence-corrected chi connectivity index (χ4v) is 4.96. The number of carbonyl (C=O) groups is 1. The van der Waals surface area contributed by atoms with Crippen molar-refractivity contribution in [3.63, 3.8) is 0 Å². The van der Waals surface area contributed by atoms with Crippen molar-refractivity contribution < 1.29 is 19.1 Å². The quantitative estimate of drug-likeness (QED) is 0.301. The highest BCUT2D eigenvalue weighted by Gasteiger charge is 2.45. The lowest BCUT2D eigenvalue weighted by atomic mass is 9.75. The van der Waals surface area contributed by atoms with Gasteiger partial charge in [-0.3, -0.25) is 4.79 Å². The van der Waals surface area contributed by atoms with Gasteiger partial charge >= 0.3 is 6.09 Å². The molecule has 1 N–H and O–H groups in total. The number of hydrogen-bond acceptors (Lipinski definition) is 5. The van der Waals surface area contributed by atoms with Crippen molar-refractivity contribution in [3.05, 3.63) is 99.1 Å². The first-order valence-electron chi connectivity index (χ1n) is 12.4. The van der Waals surface area contributed by atoms with Crippen LogP contribution in [0, 0.1) is 16.1 Å². The van der Waals surface area contributed by atoms with Crippen LogP contribution in [-0.4, -0.2) is 27.3 Å². The predicted molar refractivity (Wildman–Crippen MR) is 143 cm³/mol. The number of nitrogens with zero attached hydrogens (tertiary/aromatic N) is 3. The zero-order chi connectivity index (χ0) is 28.1. The summed E-state index contributed by atoms with van der Waals surface area (Å²) in [5.41, 5.74) is 2.86. The molecule has 2 aromatic carbocycles. The number of benzene rings is 2. The van der Waals surface area contributed by atoms with Gasteiger partial charge in [-0.2, -0.15) is 0 Å². The summed E-state index contributed by atoms with van der Waals surface area (Å²) in [6, 6.07) is 17.5. The maximum absolute atomic E-state index is 13.6. The summed E-state index contributed by atoms with van der Waals surface area (Å²) >= 11 is 0. The summed E-state index contributed by atoms with van der Waals surface area (Å²) in [7, 11) is 1.73. The van der Waals surface area contributed by atoms with Crippen LogP contribution in [0.25, 0.3) is 11.1 Å². The van der Waals surface area contributed by atoms with Crippen molar-refractivity contribution in [1.82, 2.24) is 9.47 Å². The molecular weight excluding hydrogens is 489 g/mol. The van der Waals surface area contributed by atoms with Crippen molar-refractivity contribution in [2.75, 3.05) is 6.54 Å². The highest BCUT2D eigenvalue weighted by atomic mass is 19.1. The first-order chi connectivity index (χ1) is 17.9. The van der Waals surface area contributed by atoms with Crippen LogP contribution in [0.15, 0.2) is 77.0 Å². The van der Waals surface area contributed by atoms with Gasteiger partial charge in [0.1, 0.15) is 11.4 Å². The molecule has 9 heteroatoms. The monoisotopic (exact) mass is 523 g/mol. The van der Waals surface area contributed by atoms with Crippen LogP contribution in [-0.2, 0) is 17.4 Å². The average Bonchev–Trinajstić information content (AvgIpc) is 2.85. The fourth-order valence-electron chi connectivity index (χ4n) is 4.96. The van der Waals surface area contributed by atoms with Crippen LogP contribution in [0.5, 0.6) is 0 Å². The van der Waals surface area contributed by atoms with Crippen LogP contribution < -0.4 is 5.56 Å². The Hall–Kier alpha value is -4.01. The highest BCUT2D eigenvalue weighted by Crippen LogP contribution is 2.44. The van der Waals surface area contributed by atoms with Gasteiger partial charge in [0.05, 0.1) is 6.04 Å². The van der Waals surface area contributed by atoms with Gasteiger partial charge in [-0.05, 0) is 59.2 Å². The topological polar surface area (TPSA) is 101 Å². The Balaban J connectivity index is 0.00000127. The van der Waals surface area contributed by atoms with E-state index in [0.717, 1.165) is 22.3 Å². The zero-order valence-corrected chi connectivity index (χ0v) is 22.3. The minimum Gasteiger partial charge on any atom is -0.438 e. The van der Waals surface area contributed by atoms with E-state index in [2.05, 4.69) is 20.8 Å². The smallest absolute Gasteiger partial charge is 0.411 e. The molecule has 0 radical (unpaired) electrons. The van der Waals surface area contributed by atoms with Crippen molar-refractivity contribution >= 4 is 6.09 Å². The van der Waals surface area contributed by atoms with Gasteiger partial charge in [-0.1, -0.05) is 57.2 Å². The van der Waals surface area contributed by atoms with Crippen molar-refractivity contribution in [3.8, 4) is 11.1 Å². The third kappa shape index (κ3) is 6.65. The van der Waals surface area contributed by atoms with E-state index in [0.29, 0.717) is 19.4 Å². The van der Waals surface area contributed by atoms with Gasteiger partial charge in [0.2, 0.25) is 5.56 Å². The molecule has 2 heterocycles. The van der Waals surface area contributed by atoms with E-state index in [1.54, 1.807) is 34.7 Å². The molecule has 38 heavy (non-hydrogen) atoms. The molecule has 2 atom stereocenters.